The molecule has 8 heteroatoms. The molecule has 1 atom stereocenters. The van der Waals surface area contributed by atoms with Gasteiger partial charge in [0.1, 0.15) is 5.83 Å². The van der Waals surface area contributed by atoms with Gasteiger partial charge < -0.3 is 9.84 Å². The molecule has 40 heavy (non-hydrogen) atoms. The molecular weight excluding hydrogens is 511 g/mol. The Morgan fingerprint density at radius 3 is 2.60 bits per heavy atom. The van der Waals surface area contributed by atoms with Crippen LogP contribution in [0.2, 0.25) is 0 Å². The van der Waals surface area contributed by atoms with E-state index in [4.69, 9.17) is 4.74 Å². The maximum atomic E-state index is 14.5. The van der Waals surface area contributed by atoms with Crippen molar-refractivity contribution in [2.75, 3.05) is 20.3 Å². The first-order chi connectivity index (χ1) is 19.2. The zero-order chi connectivity index (χ0) is 28.8. The Bertz CT molecular complexity index is 1300. The summed E-state index contributed by atoms with van der Waals surface area (Å²) >= 11 is 0. The average Bonchev–Trinajstić information content (AvgIpc) is 3.78. The van der Waals surface area contributed by atoms with Crippen LogP contribution in [0.25, 0.3) is 0 Å². The standard InChI is InChI=1S/C32H37FN2O5/c1-3-24-6-4-7-25(11-10-24)19-32(40-23-31(22-37)16-17-31,30-9-5-8-28(33)18-27(30)21-36)34(2)20-26-12-14-29(15-13-26)35(38)39/h4,7-15,18,21,37H,3,5-6,16-17,19-20,22-23H2,1-2H3. The summed E-state index contributed by atoms with van der Waals surface area (Å²) in [5, 5.41) is 21.3. The lowest BCUT2D eigenvalue weighted by Gasteiger charge is -2.45. The van der Waals surface area contributed by atoms with Crippen molar-refractivity contribution < 1.29 is 24.0 Å². The molecule has 4 rings (SSSR count). The summed E-state index contributed by atoms with van der Waals surface area (Å²) in [6, 6.07) is 6.34. The summed E-state index contributed by atoms with van der Waals surface area (Å²) < 4.78 is 21.4. The number of likely N-dealkylation sites (N-methyl/N-ethyl adjacent to an activating group) is 1. The van der Waals surface area contributed by atoms with E-state index in [1.54, 1.807) is 12.1 Å². The number of carbonyl (C=O) groups is 1. The van der Waals surface area contributed by atoms with Crippen LogP contribution in [0.1, 0.15) is 51.0 Å². The monoisotopic (exact) mass is 548 g/mol. The molecule has 1 N–H and O–H groups in total. The van der Waals surface area contributed by atoms with Crippen LogP contribution in [0.3, 0.4) is 0 Å². The number of benzene rings is 1. The zero-order valence-electron chi connectivity index (χ0n) is 23.1. The molecule has 0 spiro atoms. The van der Waals surface area contributed by atoms with E-state index < -0.39 is 16.5 Å². The number of nitro groups is 1. The van der Waals surface area contributed by atoms with Crippen molar-refractivity contribution in [3.8, 4) is 0 Å². The van der Waals surface area contributed by atoms with E-state index in [2.05, 4.69) is 31.2 Å². The zero-order valence-corrected chi connectivity index (χ0v) is 23.1. The minimum absolute atomic E-state index is 0.000924. The van der Waals surface area contributed by atoms with Gasteiger partial charge in [0, 0.05) is 41.7 Å². The molecule has 3 aliphatic rings. The molecular formula is C32H37FN2O5. The van der Waals surface area contributed by atoms with Crippen LogP contribution >= 0.6 is 0 Å². The second kappa shape index (κ2) is 12.8. The molecule has 0 saturated heterocycles. The highest BCUT2D eigenvalue weighted by Gasteiger charge is 2.48. The van der Waals surface area contributed by atoms with Gasteiger partial charge in [-0.15, -0.1) is 0 Å². The van der Waals surface area contributed by atoms with E-state index in [9.17, 15) is 24.4 Å². The first-order valence-electron chi connectivity index (χ1n) is 13.7. The Morgan fingerprint density at radius 2 is 1.98 bits per heavy atom. The van der Waals surface area contributed by atoms with Gasteiger partial charge in [-0.2, -0.15) is 0 Å². The van der Waals surface area contributed by atoms with Gasteiger partial charge in [0.2, 0.25) is 0 Å². The highest BCUT2D eigenvalue weighted by molar-refractivity contribution is 5.82. The molecule has 0 aromatic heterocycles. The minimum Gasteiger partial charge on any atom is -0.396 e. The average molecular weight is 549 g/mol. The maximum absolute atomic E-state index is 14.5. The first kappa shape index (κ1) is 29.5. The van der Waals surface area contributed by atoms with E-state index >= 15 is 0 Å². The number of halogens is 1. The van der Waals surface area contributed by atoms with E-state index in [0.29, 0.717) is 24.8 Å². The Morgan fingerprint density at radius 1 is 1.23 bits per heavy atom. The Labute approximate surface area is 234 Å². The predicted octanol–water partition coefficient (Wildman–Crippen LogP) is 6.43. The van der Waals surface area contributed by atoms with E-state index in [1.165, 1.54) is 29.9 Å². The number of rotatable bonds is 13. The number of aldehydes is 1. The van der Waals surface area contributed by atoms with Gasteiger partial charge in [-0.1, -0.05) is 55.0 Å². The fourth-order valence-electron chi connectivity index (χ4n) is 5.14. The number of aliphatic hydroxyl groups excluding tert-OH is 1. The number of aliphatic hydroxyl groups is 1. The number of hydrogen-bond donors (Lipinski definition) is 1. The molecule has 1 saturated carbocycles. The van der Waals surface area contributed by atoms with Crippen molar-refractivity contribution >= 4 is 12.0 Å². The normalized spacial score (nSPS) is 19.8. The van der Waals surface area contributed by atoms with E-state index in [1.807, 2.05) is 18.0 Å². The fraction of sp³-hybridized carbons (Fsp3) is 0.406. The molecule has 0 amide bonds. The van der Waals surface area contributed by atoms with Crippen LogP contribution in [0.4, 0.5) is 10.1 Å². The van der Waals surface area contributed by atoms with Gasteiger partial charge in [0.05, 0.1) is 18.1 Å². The van der Waals surface area contributed by atoms with Crippen molar-refractivity contribution in [2.24, 2.45) is 5.41 Å². The summed E-state index contributed by atoms with van der Waals surface area (Å²) in [7, 11) is 1.88. The minimum atomic E-state index is -1.20. The Balaban J connectivity index is 1.82. The second-order valence-corrected chi connectivity index (χ2v) is 10.9. The highest BCUT2D eigenvalue weighted by Crippen LogP contribution is 2.48. The molecule has 3 aliphatic carbocycles. The third-order valence-corrected chi connectivity index (χ3v) is 8.02. The molecule has 0 radical (unpaired) electrons. The Kier molecular flexibility index (Phi) is 9.45. The van der Waals surface area contributed by atoms with Crippen molar-refractivity contribution in [2.45, 2.75) is 57.7 Å². The van der Waals surface area contributed by atoms with Crippen LogP contribution in [-0.4, -0.2) is 47.2 Å². The van der Waals surface area contributed by atoms with Crippen LogP contribution in [0.15, 0.2) is 94.9 Å². The largest absolute Gasteiger partial charge is 0.396 e. The van der Waals surface area contributed by atoms with Gasteiger partial charge >= 0.3 is 0 Å². The summed E-state index contributed by atoms with van der Waals surface area (Å²) in [6.07, 6.45) is 17.6. The van der Waals surface area contributed by atoms with E-state index in [0.717, 1.165) is 36.8 Å². The lowest BCUT2D eigenvalue weighted by Crippen LogP contribution is -2.52. The molecule has 7 nitrogen and oxygen atoms in total. The van der Waals surface area contributed by atoms with Crippen molar-refractivity contribution in [1.29, 1.82) is 0 Å². The quantitative estimate of drug-likeness (QED) is 0.132. The lowest BCUT2D eigenvalue weighted by atomic mass is 9.86. The Hall–Kier alpha value is -3.46. The van der Waals surface area contributed by atoms with Gasteiger partial charge in [-0.25, -0.2) is 4.39 Å². The molecule has 1 aromatic rings. The van der Waals surface area contributed by atoms with Gasteiger partial charge in [0.15, 0.2) is 12.0 Å². The lowest BCUT2D eigenvalue weighted by molar-refractivity contribution is -0.384. The smallest absolute Gasteiger partial charge is 0.269 e. The molecule has 0 heterocycles. The SMILES string of the molecule is CCC1=CC=C(CC(OCC2(CO)CC2)(C2=CCC=C(F)C=C2C=O)N(C)Cc2ccc([N+](=O)[O-])cc2)C=CC1. The molecule has 0 aliphatic heterocycles. The van der Waals surface area contributed by atoms with Crippen molar-refractivity contribution in [3.05, 3.63) is 111 Å². The number of hydrogen-bond acceptors (Lipinski definition) is 6. The van der Waals surface area contributed by atoms with Crippen molar-refractivity contribution in [3.63, 3.8) is 0 Å². The number of ether oxygens (including phenoxy) is 1. The van der Waals surface area contributed by atoms with Crippen LogP contribution in [-0.2, 0) is 16.1 Å². The van der Waals surface area contributed by atoms with Crippen LogP contribution in [0.5, 0.6) is 0 Å². The van der Waals surface area contributed by atoms with E-state index in [-0.39, 0.29) is 36.3 Å². The fourth-order valence-corrected chi connectivity index (χ4v) is 5.14. The maximum Gasteiger partial charge on any atom is 0.269 e. The second-order valence-electron chi connectivity index (χ2n) is 10.9. The summed E-state index contributed by atoms with van der Waals surface area (Å²) in [6.45, 7) is 2.72. The molecule has 1 aromatic carbocycles. The number of carbonyl (C=O) groups excluding carboxylic acids is 1. The number of nitrogens with zero attached hydrogens (tertiary/aromatic N) is 2. The van der Waals surface area contributed by atoms with Gasteiger partial charge in [-0.3, -0.25) is 19.8 Å². The summed E-state index contributed by atoms with van der Waals surface area (Å²) in [5.41, 5.74) is 2.30. The number of allylic oxidation sites excluding steroid dienone is 9. The summed E-state index contributed by atoms with van der Waals surface area (Å²) in [4.78, 5) is 25.1. The number of nitro benzene ring substituents is 1. The topological polar surface area (TPSA) is 92.9 Å². The molecule has 1 unspecified atom stereocenters. The molecule has 212 valence electrons. The third kappa shape index (κ3) is 6.81. The summed E-state index contributed by atoms with van der Waals surface area (Å²) in [5.74, 6) is -0.488. The van der Waals surface area contributed by atoms with Crippen LogP contribution in [0, 0.1) is 15.5 Å². The highest BCUT2D eigenvalue weighted by atomic mass is 19.1. The predicted molar refractivity (Wildman–Crippen MR) is 153 cm³/mol. The van der Waals surface area contributed by atoms with Crippen LogP contribution < -0.4 is 0 Å². The number of non-ortho nitro benzene ring substituents is 1. The molecule has 1 fully saturated rings. The van der Waals surface area contributed by atoms with Gasteiger partial charge in [0.25, 0.3) is 5.69 Å². The van der Waals surface area contributed by atoms with Gasteiger partial charge in [-0.05, 0) is 62.4 Å². The third-order valence-electron chi connectivity index (χ3n) is 8.02. The molecule has 0 bridgehead atoms. The first-order valence-corrected chi connectivity index (χ1v) is 13.7. The van der Waals surface area contributed by atoms with Crippen molar-refractivity contribution in [1.82, 2.24) is 4.90 Å².